The predicted octanol–water partition coefficient (Wildman–Crippen LogP) is 6.13. The molecule has 0 radical (unpaired) electrons. The maximum absolute atomic E-state index is 12.3. The molecule has 3 aromatic rings. The first-order valence-corrected chi connectivity index (χ1v) is 7.95. The van der Waals surface area contributed by atoms with Crippen molar-refractivity contribution in [1.29, 1.82) is 0 Å². The molecule has 0 aliphatic heterocycles. The second-order valence-electron chi connectivity index (χ2n) is 4.61. The molecule has 0 fully saturated rings. The summed E-state index contributed by atoms with van der Waals surface area (Å²) in [5.74, 6) is -0.0904. The van der Waals surface area contributed by atoms with Crippen LogP contribution in [0.5, 0.6) is 5.75 Å². The largest absolute Gasteiger partial charge is 0.422 e. The van der Waals surface area contributed by atoms with Crippen LogP contribution in [0.4, 0.5) is 0 Å². The molecule has 0 aliphatic carbocycles. The van der Waals surface area contributed by atoms with Gasteiger partial charge in [-0.1, -0.05) is 53.5 Å². The van der Waals surface area contributed by atoms with E-state index in [0.717, 1.165) is 15.2 Å². The highest BCUT2D eigenvalue weighted by molar-refractivity contribution is 9.10. The first-order valence-electron chi connectivity index (χ1n) is 6.41. The van der Waals surface area contributed by atoms with Gasteiger partial charge in [0.2, 0.25) is 0 Å². The smallest absolute Gasteiger partial charge is 0.345 e. The van der Waals surface area contributed by atoms with Crippen molar-refractivity contribution in [2.24, 2.45) is 0 Å². The molecule has 0 N–H and O–H groups in total. The van der Waals surface area contributed by atoms with E-state index in [2.05, 4.69) is 15.9 Å². The Balaban J connectivity index is 1.96. The molecule has 0 aromatic heterocycles. The maximum atomic E-state index is 12.3. The van der Waals surface area contributed by atoms with E-state index in [1.807, 2.05) is 30.3 Å². The second kappa shape index (κ2) is 6.29. The van der Waals surface area contributed by atoms with Gasteiger partial charge in [-0.2, -0.15) is 0 Å². The zero-order valence-electron chi connectivity index (χ0n) is 11.1. The first kappa shape index (κ1) is 15.3. The Hall–Kier alpha value is -1.55. The molecule has 22 heavy (non-hydrogen) atoms. The molecule has 0 saturated heterocycles. The van der Waals surface area contributed by atoms with Crippen LogP contribution in [0.2, 0.25) is 10.0 Å². The van der Waals surface area contributed by atoms with Crippen molar-refractivity contribution in [3.8, 4) is 5.75 Å². The van der Waals surface area contributed by atoms with Crippen LogP contribution >= 0.6 is 39.1 Å². The predicted molar refractivity (Wildman–Crippen MR) is 93.1 cm³/mol. The van der Waals surface area contributed by atoms with E-state index in [0.29, 0.717) is 10.8 Å². The summed E-state index contributed by atoms with van der Waals surface area (Å²) in [6, 6.07) is 16.1. The van der Waals surface area contributed by atoms with E-state index in [-0.39, 0.29) is 10.6 Å². The number of fused-ring (bicyclic) bond motifs is 1. The number of ether oxygens (including phenoxy) is 1. The molecule has 0 aliphatic rings. The molecule has 110 valence electrons. The Morgan fingerprint density at radius 1 is 1.00 bits per heavy atom. The summed E-state index contributed by atoms with van der Waals surface area (Å²) in [6.07, 6.45) is 0. The standard InChI is InChI=1S/C17H9BrCl2O2/c18-16-12-4-2-1-3-10(12)5-8-15(16)22-17(21)13-7-6-11(19)9-14(13)20/h1-9H. The molecule has 0 atom stereocenters. The summed E-state index contributed by atoms with van der Waals surface area (Å²) in [4.78, 5) is 12.3. The monoisotopic (exact) mass is 394 g/mol. The van der Waals surface area contributed by atoms with Crippen molar-refractivity contribution in [1.82, 2.24) is 0 Å². The van der Waals surface area contributed by atoms with Crippen molar-refractivity contribution in [2.45, 2.75) is 0 Å². The molecule has 2 nitrogen and oxygen atoms in total. The molecular weight excluding hydrogens is 387 g/mol. The fourth-order valence-electron chi connectivity index (χ4n) is 2.10. The summed E-state index contributed by atoms with van der Waals surface area (Å²) in [5.41, 5.74) is 0.270. The number of carbonyl (C=O) groups excluding carboxylic acids is 1. The number of halogens is 3. The third kappa shape index (κ3) is 2.98. The van der Waals surface area contributed by atoms with Gasteiger partial charge in [0.25, 0.3) is 0 Å². The minimum Gasteiger partial charge on any atom is -0.422 e. The molecule has 5 heteroatoms. The van der Waals surface area contributed by atoms with E-state index < -0.39 is 5.97 Å². The summed E-state index contributed by atoms with van der Waals surface area (Å²) < 4.78 is 6.17. The Kier molecular flexibility index (Phi) is 4.39. The van der Waals surface area contributed by atoms with Crippen molar-refractivity contribution in [3.05, 3.63) is 74.7 Å². The molecule has 0 amide bonds. The van der Waals surface area contributed by atoms with Crippen LogP contribution in [0.15, 0.2) is 59.1 Å². The topological polar surface area (TPSA) is 26.3 Å². The fourth-order valence-corrected chi connectivity index (χ4v) is 3.16. The van der Waals surface area contributed by atoms with Crippen molar-refractivity contribution < 1.29 is 9.53 Å². The summed E-state index contributed by atoms with van der Waals surface area (Å²) >= 11 is 15.3. The molecule has 0 saturated carbocycles. The van der Waals surface area contributed by atoms with E-state index in [4.69, 9.17) is 27.9 Å². The van der Waals surface area contributed by atoms with Gasteiger partial charge in [-0.25, -0.2) is 4.79 Å². The van der Waals surface area contributed by atoms with Crippen LogP contribution in [-0.2, 0) is 0 Å². The number of rotatable bonds is 2. The second-order valence-corrected chi connectivity index (χ2v) is 6.25. The SMILES string of the molecule is O=C(Oc1ccc2ccccc2c1Br)c1ccc(Cl)cc1Cl. The van der Waals surface area contributed by atoms with E-state index in [9.17, 15) is 4.79 Å². The zero-order chi connectivity index (χ0) is 15.7. The van der Waals surface area contributed by atoms with E-state index >= 15 is 0 Å². The van der Waals surface area contributed by atoms with Gasteiger partial charge < -0.3 is 4.74 Å². The lowest BCUT2D eigenvalue weighted by Gasteiger charge is -2.10. The number of carbonyl (C=O) groups is 1. The molecular formula is C17H9BrCl2O2. The third-order valence-corrected chi connectivity index (χ3v) is 4.55. The van der Waals surface area contributed by atoms with Crippen LogP contribution < -0.4 is 4.74 Å². The van der Waals surface area contributed by atoms with Gasteiger partial charge >= 0.3 is 5.97 Å². The molecule has 3 aromatic carbocycles. The maximum Gasteiger partial charge on any atom is 0.345 e. The highest BCUT2D eigenvalue weighted by atomic mass is 79.9. The number of hydrogen-bond acceptors (Lipinski definition) is 2. The van der Waals surface area contributed by atoms with Gasteiger partial charge in [0.1, 0.15) is 5.75 Å². The van der Waals surface area contributed by atoms with E-state index in [1.165, 1.54) is 6.07 Å². The zero-order valence-corrected chi connectivity index (χ0v) is 14.2. The molecule has 0 bridgehead atoms. The third-order valence-electron chi connectivity index (χ3n) is 3.18. The van der Waals surface area contributed by atoms with Gasteiger partial charge in [-0.3, -0.25) is 0 Å². The summed E-state index contributed by atoms with van der Waals surface area (Å²) in [7, 11) is 0. The van der Waals surface area contributed by atoms with Crippen LogP contribution in [0.3, 0.4) is 0 Å². The van der Waals surface area contributed by atoms with Gasteiger partial charge in [-0.05, 0) is 51.0 Å². The minimum atomic E-state index is -0.530. The summed E-state index contributed by atoms with van der Waals surface area (Å²) in [5, 5.41) is 2.75. The van der Waals surface area contributed by atoms with Gasteiger partial charge in [0.15, 0.2) is 0 Å². The number of benzene rings is 3. The van der Waals surface area contributed by atoms with Gasteiger partial charge in [0, 0.05) is 5.02 Å². The Morgan fingerprint density at radius 3 is 2.55 bits per heavy atom. The number of esters is 1. The lowest BCUT2D eigenvalue weighted by Crippen LogP contribution is -2.09. The molecule has 3 rings (SSSR count). The van der Waals surface area contributed by atoms with Crippen molar-refractivity contribution >= 4 is 55.9 Å². The normalized spacial score (nSPS) is 10.7. The fraction of sp³-hybridized carbons (Fsp3) is 0. The average Bonchev–Trinajstić information content (AvgIpc) is 2.50. The molecule has 0 unspecified atom stereocenters. The van der Waals surface area contributed by atoms with Crippen LogP contribution in [0.1, 0.15) is 10.4 Å². The lowest BCUT2D eigenvalue weighted by molar-refractivity contribution is 0.0734. The summed E-state index contributed by atoms with van der Waals surface area (Å²) in [6.45, 7) is 0. The van der Waals surface area contributed by atoms with Crippen molar-refractivity contribution in [3.63, 3.8) is 0 Å². The Morgan fingerprint density at radius 2 is 1.77 bits per heavy atom. The Bertz CT molecular complexity index is 878. The lowest BCUT2D eigenvalue weighted by atomic mass is 10.1. The van der Waals surface area contributed by atoms with Gasteiger partial charge in [-0.15, -0.1) is 0 Å². The Labute approximate surface area is 145 Å². The minimum absolute atomic E-state index is 0.259. The van der Waals surface area contributed by atoms with E-state index in [1.54, 1.807) is 18.2 Å². The quantitative estimate of drug-likeness (QED) is 0.385. The molecule has 0 heterocycles. The van der Waals surface area contributed by atoms with Crippen LogP contribution in [0.25, 0.3) is 10.8 Å². The molecule has 0 spiro atoms. The van der Waals surface area contributed by atoms with Gasteiger partial charge in [0.05, 0.1) is 15.1 Å². The highest BCUT2D eigenvalue weighted by Gasteiger charge is 2.15. The van der Waals surface area contributed by atoms with Crippen LogP contribution in [0, 0.1) is 0 Å². The number of hydrogen-bond donors (Lipinski definition) is 0. The highest BCUT2D eigenvalue weighted by Crippen LogP contribution is 2.34. The van der Waals surface area contributed by atoms with Crippen molar-refractivity contribution in [2.75, 3.05) is 0 Å². The average molecular weight is 396 g/mol. The van der Waals surface area contributed by atoms with Crippen LogP contribution in [-0.4, -0.2) is 5.97 Å². The first-order chi connectivity index (χ1) is 10.6.